The molecular formula is C11H10ClN3. The van der Waals surface area contributed by atoms with E-state index in [-0.39, 0.29) is 0 Å². The van der Waals surface area contributed by atoms with Gasteiger partial charge in [0.1, 0.15) is 5.15 Å². The average Bonchev–Trinajstić information content (AvgIpc) is 2.16. The van der Waals surface area contributed by atoms with Crippen LogP contribution in [-0.4, -0.2) is 15.0 Å². The van der Waals surface area contributed by atoms with Crippen molar-refractivity contribution < 1.29 is 0 Å². The summed E-state index contributed by atoms with van der Waals surface area (Å²) in [5.74, 6) is 0.635. The number of aromatic nitrogens is 3. The predicted molar refractivity (Wildman–Crippen MR) is 59.7 cm³/mol. The van der Waals surface area contributed by atoms with Crippen molar-refractivity contribution in [3.8, 4) is 11.4 Å². The summed E-state index contributed by atoms with van der Waals surface area (Å²) in [6, 6.07) is 5.54. The molecule has 15 heavy (non-hydrogen) atoms. The second kappa shape index (κ2) is 3.95. The van der Waals surface area contributed by atoms with E-state index >= 15 is 0 Å². The van der Waals surface area contributed by atoms with E-state index in [0.29, 0.717) is 11.0 Å². The fourth-order valence-corrected chi connectivity index (χ4v) is 1.58. The Hall–Kier alpha value is -1.48. The fraction of sp³-hybridized carbons (Fsp3) is 0.182. The Morgan fingerprint density at radius 1 is 1.07 bits per heavy atom. The van der Waals surface area contributed by atoms with Crippen LogP contribution in [0.5, 0.6) is 0 Å². The van der Waals surface area contributed by atoms with Crippen LogP contribution >= 0.6 is 11.6 Å². The lowest BCUT2D eigenvalue weighted by atomic mass is 10.2. The molecule has 76 valence electrons. The molecule has 0 aromatic carbocycles. The van der Waals surface area contributed by atoms with Crippen molar-refractivity contribution in [1.82, 2.24) is 15.0 Å². The normalized spacial score (nSPS) is 10.3. The molecule has 0 aliphatic rings. The smallest absolute Gasteiger partial charge is 0.160 e. The summed E-state index contributed by atoms with van der Waals surface area (Å²) in [6.45, 7) is 3.89. The zero-order chi connectivity index (χ0) is 10.8. The van der Waals surface area contributed by atoms with Gasteiger partial charge in [0.25, 0.3) is 0 Å². The van der Waals surface area contributed by atoms with Crippen LogP contribution in [-0.2, 0) is 0 Å². The molecule has 0 fully saturated rings. The van der Waals surface area contributed by atoms with Crippen LogP contribution in [0.15, 0.2) is 24.4 Å². The molecule has 0 bridgehead atoms. The van der Waals surface area contributed by atoms with E-state index in [9.17, 15) is 0 Å². The SMILES string of the molecule is Cc1cc(-c2nccc(Cl)n2)cc(C)n1. The quantitative estimate of drug-likeness (QED) is 0.693. The lowest BCUT2D eigenvalue weighted by Crippen LogP contribution is -1.92. The van der Waals surface area contributed by atoms with Gasteiger partial charge in [-0.1, -0.05) is 11.6 Å². The Morgan fingerprint density at radius 2 is 1.73 bits per heavy atom. The molecule has 0 amide bonds. The zero-order valence-corrected chi connectivity index (χ0v) is 9.28. The highest BCUT2D eigenvalue weighted by Crippen LogP contribution is 2.17. The van der Waals surface area contributed by atoms with Crippen LogP contribution in [0.4, 0.5) is 0 Å². The molecule has 0 unspecified atom stereocenters. The van der Waals surface area contributed by atoms with Gasteiger partial charge in [0.15, 0.2) is 5.82 Å². The minimum atomic E-state index is 0.451. The van der Waals surface area contributed by atoms with Gasteiger partial charge in [0, 0.05) is 23.1 Å². The van der Waals surface area contributed by atoms with Gasteiger partial charge < -0.3 is 0 Å². The molecule has 2 aromatic heterocycles. The molecule has 2 rings (SSSR count). The van der Waals surface area contributed by atoms with Crippen molar-refractivity contribution in [3.05, 3.63) is 40.9 Å². The number of rotatable bonds is 1. The van der Waals surface area contributed by atoms with E-state index in [2.05, 4.69) is 15.0 Å². The second-order valence-electron chi connectivity index (χ2n) is 3.34. The largest absolute Gasteiger partial charge is 0.258 e. The van der Waals surface area contributed by atoms with E-state index < -0.39 is 0 Å². The van der Waals surface area contributed by atoms with Crippen molar-refractivity contribution in [2.75, 3.05) is 0 Å². The van der Waals surface area contributed by atoms with Crippen LogP contribution in [0.2, 0.25) is 5.15 Å². The molecule has 0 aliphatic carbocycles. The predicted octanol–water partition coefficient (Wildman–Crippen LogP) is 2.81. The summed E-state index contributed by atoms with van der Waals surface area (Å²) in [7, 11) is 0. The van der Waals surface area contributed by atoms with Gasteiger partial charge in [0.05, 0.1) is 0 Å². The number of pyridine rings is 1. The van der Waals surface area contributed by atoms with Crippen molar-refractivity contribution in [2.45, 2.75) is 13.8 Å². The average molecular weight is 220 g/mol. The summed E-state index contributed by atoms with van der Waals surface area (Å²) in [6.07, 6.45) is 1.65. The highest BCUT2D eigenvalue weighted by molar-refractivity contribution is 6.29. The molecule has 0 aliphatic heterocycles. The first-order chi connectivity index (χ1) is 7.15. The molecule has 0 saturated carbocycles. The van der Waals surface area contributed by atoms with Gasteiger partial charge in [0.2, 0.25) is 0 Å². The molecule has 0 spiro atoms. The van der Waals surface area contributed by atoms with Crippen molar-refractivity contribution in [3.63, 3.8) is 0 Å². The van der Waals surface area contributed by atoms with E-state index in [1.54, 1.807) is 12.3 Å². The highest BCUT2D eigenvalue weighted by atomic mass is 35.5. The summed E-state index contributed by atoms with van der Waals surface area (Å²) in [4.78, 5) is 12.6. The first kappa shape index (κ1) is 10.1. The van der Waals surface area contributed by atoms with Gasteiger partial charge in [-0.2, -0.15) is 0 Å². The third-order valence-electron chi connectivity index (χ3n) is 1.96. The van der Waals surface area contributed by atoms with E-state index in [0.717, 1.165) is 17.0 Å². The second-order valence-corrected chi connectivity index (χ2v) is 3.73. The molecule has 0 atom stereocenters. The molecule has 3 nitrogen and oxygen atoms in total. The number of hydrogen-bond acceptors (Lipinski definition) is 3. The monoisotopic (exact) mass is 219 g/mol. The maximum absolute atomic E-state index is 5.81. The molecule has 4 heteroatoms. The van der Waals surface area contributed by atoms with Gasteiger partial charge in [-0.05, 0) is 32.0 Å². The summed E-state index contributed by atoms with van der Waals surface area (Å²) >= 11 is 5.81. The third-order valence-corrected chi connectivity index (χ3v) is 2.17. The molecule has 2 heterocycles. The van der Waals surface area contributed by atoms with E-state index in [1.165, 1.54) is 0 Å². The molecular weight excluding hydrogens is 210 g/mol. The minimum absolute atomic E-state index is 0.451. The Labute approximate surface area is 93.2 Å². The van der Waals surface area contributed by atoms with E-state index in [4.69, 9.17) is 11.6 Å². The summed E-state index contributed by atoms with van der Waals surface area (Å²) in [5, 5.41) is 0.451. The Balaban J connectivity index is 2.54. The summed E-state index contributed by atoms with van der Waals surface area (Å²) in [5.41, 5.74) is 2.85. The first-order valence-electron chi connectivity index (χ1n) is 4.59. The van der Waals surface area contributed by atoms with Gasteiger partial charge in [-0.25, -0.2) is 9.97 Å². The number of aryl methyl sites for hydroxylation is 2. The van der Waals surface area contributed by atoms with Gasteiger partial charge >= 0.3 is 0 Å². The Kier molecular flexibility index (Phi) is 2.64. The maximum atomic E-state index is 5.81. The van der Waals surface area contributed by atoms with Crippen LogP contribution in [0.1, 0.15) is 11.4 Å². The molecule has 0 N–H and O–H groups in total. The fourth-order valence-electron chi connectivity index (χ4n) is 1.44. The number of hydrogen-bond donors (Lipinski definition) is 0. The topological polar surface area (TPSA) is 38.7 Å². The first-order valence-corrected chi connectivity index (χ1v) is 4.97. The zero-order valence-electron chi connectivity index (χ0n) is 8.53. The third kappa shape index (κ3) is 2.30. The van der Waals surface area contributed by atoms with Crippen molar-refractivity contribution >= 4 is 11.6 Å². The standard InChI is InChI=1S/C11H10ClN3/c1-7-5-9(6-8(2)14-7)11-13-4-3-10(12)15-11/h3-6H,1-2H3. The van der Waals surface area contributed by atoms with E-state index in [1.807, 2.05) is 26.0 Å². The highest BCUT2D eigenvalue weighted by Gasteiger charge is 2.03. The lowest BCUT2D eigenvalue weighted by molar-refractivity contribution is 1.10. The van der Waals surface area contributed by atoms with Crippen LogP contribution in [0.3, 0.4) is 0 Å². The van der Waals surface area contributed by atoms with Crippen LogP contribution in [0.25, 0.3) is 11.4 Å². The number of nitrogens with zero attached hydrogens (tertiary/aromatic N) is 3. The molecule has 0 saturated heterocycles. The van der Waals surface area contributed by atoms with Crippen molar-refractivity contribution in [1.29, 1.82) is 0 Å². The van der Waals surface area contributed by atoms with Gasteiger partial charge in [-0.15, -0.1) is 0 Å². The lowest BCUT2D eigenvalue weighted by Gasteiger charge is -2.02. The van der Waals surface area contributed by atoms with Crippen LogP contribution < -0.4 is 0 Å². The maximum Gasteiger partial charge on any atom is 0.160 e. The van der Waals surface area contributed by atoms with Gasteiger partial charge in [-0.3, -0.25) is 4.98 Å². The van der Waals surface area contributed by atoms with Crippen molar-refractivity contribution in [2.24, 2.45) is 0 Å². The Bertz CT molecular complexity index is 477. The number of halogens is 1. The Morgan fingerprint density at radius 3 is 2.33 bits per heavy atom. The molecule has 0 radical (unpaired) electrons. The molecule has 2 aromatic rings. The minimum Gasteiger partial charge on any atom is -0.258 e. The summed E-state index contributed by atoms with van der Waals surface area (Å²) < 4.78 is 0. The van der Waals surface area contributed by atoms with Crippen LogP contribution in [0, 0.1) is 13.8 Å².